The molecule has 0 fully saturated rings. The van der Waals surface area contributed by atoms with E-state index in [2.05, 4.69) is 4.98 Å². The largest absolute Gasteiger partial charge is 0.397 e. The van der Waals surface area contributed by atoms with Crippen molar-refractivity contribution < 1.29 is 5.11 Å². The standard InChI is InChI=1S/C8H11N3O/c1-5-2-6(3-9)8(10)7(4-12)11-5/h2-3,9,12H,4,10H2,1H3. The van der Waals surface area contributed by atoms with Gasteiger partial charge in [-0.3, -0.25) is 4.98 Å². The van der Waals surface area contributed by atoms with Crippen molar-refractivity contribution in [1.29, 1.82) is 5.41 Å². The third kappa shape index (κ3) is 1.43. The smallest absolute Gasteiger partial charge is 0.0896 e. The van der Waals surface area contributed by atoms with E-state index in [0.717, 1.165) is 11.9 Å². The van der Waals surface area contributed by atoms with Gasteiger partial charge in [0.25, 0.3) is 0 Å². The Bertz CT molecular complexity index is 309. The maximum Gasteiger partial charge on any atom is 0.0896 e. The number of hydrogen-bond donors (Lipinski definition) is 3. The van der Waals surface area contributed by atoms with Crippen LogP contribution in [0.3, 0.4) is 0 Å². The highest BCUT2D eigenvalue weighted by molar-refractivity contribution is 5.85. The second-order valence-electron chi connectivity index (χ2n) is 2.52. The van der Waals surface area contributed by atoms with Crippen LogP contribution in [-0.4, -0.2) is 16.3 Å². The van der Waals surface area contributed by atoms with Crippen LogP contribution in [0, 0.1) is 12.3 Å². The summed E-state index contributed by atoms with van der Waals surface area (Å²) in [6.45, 7) is 1.61. The molecule has 0 saturated carbocycles. The zero-order valence-corrected chi connectivity index (χ0v) is 6.83. The lowest BCUT2D eigenvalue weighted by Gasteiger charge is -2.05. The Morgan fingerprint density at radius 3 is 2.92 bits per heavy atom. The van der Waals surface area contributed by atoms with Gasteiger partial charge in [-0.1, -0.05) is 0 Å². The van der Waals surface area contributed by atoms with Crippen molar-refractivity contribution in [3.8, 4) is 0 Å². The minimum atomic E-state index is -0.186. The number of anilines is 1. The van der Waals surface area contributed by atoms with E-state index in [1.165, 1.54) is 0 Å². The molecule has 4 nitrogen and oxygen atoms in total. The Kier molecular flexibility index (Phi) is 2.40. The van der Waals surface area contributed by atoms with E-state index >= 15 is 0 Å². The van der Waals surface area contributed by atoms with Gasteiger partial charge in [0, 0.05) is 17.5 Å². The molecular weight excluding hydrogens is 154 g/mol. The van der Waals surface area contributed by atoms with Crippen LogP contribution in [0.1, 0.15) is 17.0 Å². The number of nitrogens with one attached hydrogen (secondary N) is 1. The number of aromatic nitrogens is 1. The van der Waals surface area contributed by atoms with Crippen LogP contribution in [0.2, 0.25) is 0 Å². The molecule has 0 unspecified atom stereocenters. The molecule has 0 amide bonds. The summed E-state index contributed by atoms with van der Waals surface area (Å²) in [5.41, 5.74) is 7.78. The van der Waals surface area contributed by atoms with E-state index in [-0.39, 0.29) is 6.61 Å². The van der Waals surface area contributed by atoms with Crippen LogP contribution in [0.4, 0.5) is 5.69 Å². The van der Waals surface area contributed by atoms with E-state index in [1.54, 1.807) is 13.0 Å². The van der Waals surface area contributed by atoms with Gasteiger partial charge in [0.15, 0.2) is 0 Å². The first kappa shape index (κ1) is 8.67. The van der Waals surface area contributed by atoms with Crippen LogP contribution >= 0.6 is 0 Å². The van der Waals surface area contributed by atoms with Gasteiger partial charge in [0.2, 0.25) is 0 Å². The number of aryl methyl sites for hydroxylation is 1. The summed E-state index contributed by atoms with van der Waals surface area (Å²) in [7, 11) is 0. The van der Waals surface area contributed by atoms with Crippen molar-refractivity contribution >= 4 is 11.9 Å². The Balaban J connectivity index is 3.31. The van der Waals surface area contributed by atoms with E-state index in [9.17, 15) is 0 Å². The first-order chi connectivity index (χ1) is 5.69. The lowest BCUT2D eigenvalue weighted by molar-refractivity contribution is 0.277. The summed E-state index contributed by atoms with van der Waals surface area (Å²) in [6.07, 6.45) is 1.16. The van der Waals surface area contributed by atoms with Gasteiger partial charge in [-0.05, 0) is 13.0 Å². The van der Waals surface area contributed by atoms with E-state index in [0.29, 0.717) is 16.9 Å². The van der Waals surface area contributed by atoms with Gasteiger partial charge < -0.3 is 16.2 Å². The molecule has 0 aliphatic carbocycles. The molecule has 12 heavy (non-hydrogen) atoms. The quantitative estimate of drug-likeness (QED) is 0.557. The minimum absolute atomic E-state index is 0.186. The maximum absolute atomic E-state index is 8.85. The summed E-state index contributed by atoms with van der Waals surface area (Å²) in [5.74, 6) is 0. The molecule has 0 aliphatic heterocycles. The number of aliphatic hydroxyl groups is 1. The summed E-state index contributed by atoms with van der Waals surface area (Å²) < 4.78 is 0. The molecule has 0 atom stereocenters. The molecule has 4 N–H and O–H groups in total. The third-order valence-corrected chi connectivity index (χ3v) is 1.60. The number of hydrogen-bond acceptors (Lipinski definition) is 4. The Labute approximate surface area is 70.6 Å². The zero-order chi connectivity index (χ0) is 9.14. The van der Waals surface area contributed by atoms with Crippen LogP contribution in [-0.2, 0) is 6.61 Å². The summed E-state index contributed by atoms with van der Waals surface area (Å²) in [4.78, 5) is 4.02. The molecular formula is C8H11N3O. The van der Waals surface area contributed by atoms with Gasteiger partial charge in [-0.15, -0.1) is 0 Å². The first-order valence-electron chi connectivity index (χ1n) is 3.56. The molecule has 0 radical (unpaired) electrons. The van der Waals surface area contributed by atoms with Crippen molar-refractivity contribution in [2.24, 2.45) is 0 Å². The predicted molar refractivity (Wildman–Crippen MR) is 47.2 cm³/mol. The Hall–Kier alpha value is -1.42. The van der Waals surface area contributed by atoms with Crippen molar-refractivity contribution in [3.63, 3.8) is 0 Å². The molecule has 1 heterocycles. The third-order valence-electron chi connectivity index (χ3n) is 1.60. The van der Waals surface area contributed by atoms with Crippen LogP contribution in [0.25, 0.3) is 0 Å². The number of nitrogens with zero attached hydrogens (tertiary/aromatic N) is 1. The summed E-state index contributed by atoms with van der Waals surface area (Å²) in [5, 5.41) is 15.9. The van der Waals surface area contributed by atoms with Crippen LogP contribution in [0.15, 0.2) is 6.07 Å². The van der Waals surface area contributed by atoms with E-state index in [1.807, 2.05) is 0 Å². The van der Waals surface area contributed by atoms with Crippen molar-refractivity contribution in [1.82, 2.24) is 4.98 Å². The lowest BCUT2D eigenvalue weighted by Crippen LogP contribution is -2.03. The molecule has 0 aromatic carbocycles. The highest BCUT2D eigenvalue weighted by atomic mass is 16.3. The van der Waals surface area contributed by atoms with Gasteiger partial charge in [0.05, 0.1) is 18.0 Å². The zero-order valence-electron chi connectivity index (χ0n) is 6.83. The van der Waals surface area contributed by atoms with Crippen LogP contribution < -0.4 is 5.73 Å². The molecule has 1 aromatic heterocycles. The number of nitrogen functional groups attached to an aromatic ring is 1. The topological polar surface area (TPSA) is 83.0 Å². The summed E-state index contributed by atoms with van der Waals surface area (Å²) in [6, 6.07) is 1.71. The Morgan fingerprint density at radius 1 is 1.75 bits per heavy atom. The van der Waals surface area contributed by atoms with Gasteiger partial charge in [0.1, 0.15) is 0 Å². The molecule has 0 bridgehead atoms. The second kappa shape index (κ2) is 3.32. The minimum Gasteiger partial charge on any atom is -0.397 e. The average Bonchev–Trinajstić information content (AvgIpc) is 2.08. The van der Waals surface area contributed by atoms with Gasteiger partial charge in [-0.25, -0.2) is 0 Å². The molecule has 4 heteroatoms. The van der Waals surface area contributed by atoms with E-state index < -0.39 is 0 Å². The highest BCUT2D eigenvalue weighted by Crippen LogP contribution is 2.14. The lowest BCUT2D eigenvalue weighted by atomic mass is 10.1. The molecule has 0 aliphatic rings. The van der Waals surface area contributed by atoms with E-state index in [4.69, 9.17) is 16.2 Å². The van der Waals surface area contributed by atoms with Gasteiger partial charge >= 0.3 is 0 Å². The second-order valence-corrected chi connectivity index (χ2v) is 2.52. The van der Waals surface area contributed by atoms with Crippen LogP contribution in [0.5, 0.6) is 0 Å². The SMILES string of the molecule is Cc1cc(C=N)c(N)c(CO)n1. The average molecular weight is 165 g/mol. The van der Waals surface area contributed by atoms with Crippen molar-refractivity contribution in [3.05, 3.63) is 23.0 Å². The number of rotatable bonds is 2. The molecule has 0 spiro atoms. The predicted octanol–water partition coefficient (Wildman–Crippen LogP) is 0.462. The fraction of sp³-hybridized carbons (Fsp3) is 0.250. The van der Waals surface area contributed by atoms with Crippen molar-refractivity contribution in [2.45, 2.75) is 13.5 Å². The fourth-order valence-electron chi connectivity index (χ4n) is 1.01. The summed E-state index contributed by atoms with van der Waals surface area (Å²) >= 11 is 0. The molecule has 1 aromatic rings. The van der Waals surface area contributed by atoms with Gasteiger partial charge in [-0.2, -0.15) is 0 Å². The first-order valence-corrected chi connectivity index (χ1v) is 3.56. The fourth-order valence-corrected chi connectivity index (χ4v) is 1.01. The highest BCUT2D eigenvalue weighted by Gasteiger charge is 2.04. The maximum atomic E-state index is 8.85. The Morgan fingerprint density at radius 2 is 2.42 bits per heavy atom. The number of pyridine rings is 1. The molecule has 0 saturated heterocycles. The molecule has 1 rings (SSSR count). The normalized spacial score (nSPS) is 9.83. The molecule has 64 valence electrons. The number of nitrogens with two attached hydrogens (primary N) is 1. The monoisotopic (exact) mass is 165 g/mol. The number of aliphatic hydroxyl groups excluding tert-OH is 1. The van der Waals surface area contributed by atoms with Crippen molar-refractivity contribution in [2.75, 3.05) is 5.73 Å².